The van der Waals surface area contributed by atoms with E-state index in [1.807, 2.05) is 0 Å². The number of rotatable bonds is 8. The standard InChI is InChI=1S/C18H30NO/c1-6-19(7-2,8-3)13-12-17(20)14-18-15(4)10-9-11-16(18)5/h9-11H,6-8,12-14H2,1-5H3/q+1. The molecule has 2 nitrogen and oxygen atoms in total. The maximum atomic E-state index is 12.3. The number of hydrogen-bond acceptors (Lipinski definition) is 1. The van der Waals surface area contributed by atoms with Crippen LogP contribution in [0.15, 0.2) is 18.2 Å². The summed E-state index contributed by atoms with van der Waals surface area (Å²) in [6.07, 6.45) is 1.29. The van der Waals surface area contributed by atoms with Crippen LogP contribution in [-0.4, -0.2) is 36.4 Å². The molecule has 1 aromatic carbocycles. The molecule has 2 heteroatoms. The highest BCUT2D eigenvalue weighted by Crippen LogP contribution is 2.16. The van der Waals surface area contributed by atoms with E-state index in [2.05, 4.69) is 52.8 Å². The van der Waals surface area contributed by atoms with E-state index in [9.17, 15) is 4.79 Å². The molecule has 0 bridgehead atoms. The number of carbonyl (C=O) groups excluding carboxylic acids is 1. The third-order valence-corrected chi connectivity index (χ3v) is 4.90. The van der Waals surface area contributed by atoms with Gasteiger partial charge in [-0.15, -0.1) is 0 Å². The van der Waals surface area contributed by atoms with E-state index in [0.29, 0.717) is 18.6 Å². The monoisotopic (exact) mass is 276 g/mol. The van der Waals surface area contributed by atoms with E-state index < -0.39 is 0 Å². The summed E-state index contributed by atoms with van der Waals surface area (Å²) in [4.78, 5) is 12.3. The molecule has 20 heavy (non-hydrogen) atoms. The molecule has 0 aromatic heterocycles. The molecule has 0 heterocycles. The Morgan fingerprint density at radius 2 is 1.50 bits per heavy atom. The summed E-state index contributed by atoms with van der Waals surface area (Å²) in [6.45, 7) is 15.2. The predicted molar refractivity (Wildman–Crippen MR) is 86.0 cm³/mol. The first-order chi connectivity index (χ1) is 9.48. The molecule has 0 aliphatic heterocycles. The van der Waals surface area contributed by atoms with Crippen molar-refractivity contribution in [1.29, 1.82) is 0 Å². The zero-order chi connectivity index (χ0) is 15.2. The van der Waals surface area contributed by atoms with Crippen LogP contribution in [-0.2, 0) is 11.2 Å². The fraction of sp³-hybridized carbons (Fsp3) is 0.611. The molecule has 0 aliphatic carbocycles. The summed E-state index contributed by atoms with van der Waals surface area (Å²) in [5.41, 5.74) is 3.70. The molecule has 0 atom stereocenters. The summed E-state index contributed by atoms with van der Waals surface area (Å²) in [6, 6.07) is 6.26. The predicted octanol–water partition coefficient (Wildman–Crippen LogP) is 3.68. The van der Waals surface area contributed by atoms with Crippen molar-refractivity contribution in [3.63, 3.8) is 0 Å². The maximum absolute atomic E-state index is 12.3. The largest absolute Gasteiger partial charge is 0.324 e. The number of nitrogens with zero attached hydrogens (tertiary/aromatic N) is 1. The second kappa shape index (κ2) is 7.58. The normalized spacial score (nSPS) is 11.7. The first-order valence-electron chi connectivity index (χ1n) is 7.90. The Morgan fingerprint density at radius 1 is 1.00 bits per heavy atom. The van der Waals surface area contributed by atoms with Crippen LogP contribution >= 0.6 is 0 Å². The molecule has 1 aromatic rings. The molecule has 0 fully saturated rings. The highest BCUT2D eigenvalue weighted by molar-refractivity contribution is 5.81. The number of carbonyl (C=O) groups is 1. The quantitative estimate of drug-likeness (QED) is 0.662. The number of ketones is 1. The van der Waals surface area contributed by atoms with Crippen molar-refractivity contribution < 1.29 is 9.28 Å². The minimum absolute atomic E-state index is 0.375. The molecule has 1 rings (SSSR count). The van der Waals surface area contributed by atoms with Crippen molar-refractivity contribution in [3.8, 4) is 0 Å². The number of hydrogen-bond donors (Lipinski definition) is 0. The van der Waals surface area contributed by atoms with Crippen LogP contribution in [0.4, 0.5) is 0 Å². The third kappa shape index (κ3) is 4.17. The SMILES string of the molecule is CC[N+](CC)(CC)CCC(=O)Cc1c(C)cccc1C. The summed E-state index contributed by atoms with van der Waals surface area (Å²) < 4.78 is 1.05. The van der Waals surface area contributed by atoms with E-state index in [1.165, 1.54) is 16.7 Å². The van der Waals surface area contributed by atoms with Crippen LogP contribution in [0.2, 0.25) is 0 Å². The van der Waals surface area contributed by atoms with Crippen LogP contribution in [0.5, 0.6) is 0 Å². The van der Waals surface area contributed by atoms with Crippen LogP contribution < -0.4 is 0 Å². The van der Waals surface area contributed by atoms with Crippen molar-refractivity contribution in [2.24, 2.45) is 0 Å². The van der Waals surface area contributed by atoms with E-state index in [0.717, 1.165) is 30.7 Å². The minimum atomic E-state index is 0.375. The lowest BCUT2D eigenvalue weighted by molar-refractivity contribution is -0.922. The van der Waals surface area contributed by atoms with Gasteiger partial charge in [-0.05, 0) is 51.3 Å². The van der Waals surface area contributed by atoms with Crippen LogP contribution in [0.3, 0.4) is 0 Å². The Kier molecular flexibility index (Phi) is 6.41. The van der Waals surface area contributed by atoms with Gasteiger partial charge in [-0.3, -0.25) is 4.79 Å². The fourth-order valence-corrected chi connectivity index (χ4v) is 2.92. The van der Waals surface area contributed by atoms with Crippen LogP contribution in [0.1, 0.15) is 43.9 Å². The molecular weight excluding hydrogens is 246 g/mol. The fourth-order valence-electron chi connectivity index (χ4n) is 2.92. The van der Waals surface area contributed by atoms with Crippen molar-refractivity contribution in [3.05, 3.63) is 34.9 Å². The first-order valence-corrected chi connectivity index (χ1v) is 7.90. The minimum Gasteiger partial charge on any atom is -0.324 e. The molecule has 0 spiro atoms. The summed E-state index contributed by atoms with van der Waals surface area (Å²) in [5.74, 6) is 0.375. The van der Waals surface area contributed by atoms with Crippen molar-refractivity contribution in [2.75, 3.05) is 26.2 Å². The van der Waals surface area contributed by atoms with Crippen molar-refractivity contribution in [2.45, 2.75) is 47.5 Å². The number of quaternary nitrogens is 1. The van der Waals surface area contributed by atoms with Crippen LogP contribution in [0, 0.1) is 13.8 Å². The highest BCUT2D eigenvalue weighted by Gasteiger charge is 2.22. The molecule has 0 saturated heterocycles. The van der Waals surface area contributed by atoms with Gasteiger partial charge in [0.25, 0.3) is 0 Å². The Balaban J connectivity index is 2.65. The highest BCUT2D eigenvalue weighted by atomic mass is 16.1. The molecule has 112 valence electrons. The Labute approximate surface area is 124 Å². The zero-order valence-corrected chi connectivity index (χ0v) is 13.8. The smallest absolute Gasteiger partial charge is 0.142 e. The van der Waals surface area contributed by atoms with E-state index in [1.54, 1.807) is 0 Å². The van der Waals surface area contributed by atoms with E-state index in [4.69, 9.17) is 0 Å². The lowest BCUT2D eigenvalue weighted by Gasteiger charge is -2.35. The van der Waals surface area contributed by atoms with Gasteiger partial charge in [0.05, 0.1) is 32.6 Å². The molecule has 0 unspecified atom stereocenters. The van der Waals surface area contributed by atoms with Gasteiger partial charge in [0.1, 0.15) is 5.78 Å². The zero-order valence-electron chi connectivity index (χ0n) is 13.8. The van der Waals surface area contributed by atoms with Crippen molar-refractivity contribution in [1.82, 2.24) is 0 Å². The lowest BCUT2D eigenvalue weighted by Crippen LogP contribution is -2.48. The number of Topliss-reactive ketones (excluding diaryl/α,β-unsaturated/α-hetero) is 1. The number of benzene rings is 1. The van der Waals surface area contributed by atoms with Gasteiger partial charge < -0.3 is 4.48 Å². The van der Waals surface area contributed by atoms with E-state index in [-0.39, 0.29) is 0 Å². The van der Waals surface area contributed by atoms with Gasteiger partial charge in [-0.1, -0.05) is 18.2 Å². The Morgan fingerprint density at radius 3 is 1.95 bits per heavy atom. The number of aryl methyl sites for hydroxylation is 2. The van der Waals surface area contributed by atoms with Crippen molar-refractivity contribution >= 4 is 5.78 Å². The third-order valence-electron chi connectivity index (χ3n) is 4.90. The lowest BCUT2D eigenvalue weighted by atomic mass is 9.97. The van der Waals surface area contributed by atoms with Crippen LogP contribution in [0.25, 0.3) is 0 Å². The first kappa shape index (κ1) is 16.9. The molecular formula is C18H30NO+. The molecule has 0 aliphatic rings. The van der Waals surface area contributed by atoms with Gasteiger partial charge >= 0.3 is 0 Å². The summed E-state index contributed by atoms with van der Waals surface area (Å²) in [7, 11) is 0. The topological polar surface area (TPSA) is 17.1 Å². The van der Waals surface area contributed by atoms with Gasteiger partial charge in [-0.25, -0.2) is 0 Å². The summed E-state index contributed by atoms with van der Waals surface area (Å²) >= 11 is 0. The molecule has 0 saturated carbocycles. The van der Waals surface area contributed by atoms with Gasteiger partial charge in [0.2, 0.25) is 0 Å². The Hall–Kier alpha value is -1.15. The molecule has 0 amide bonds. The summed E-state index contributed by atoms with van der Waals surface area (Å²) in [5, 5.41) is 0. The molecule has 0 N–H and O–H groups in total. The van der Waals surface area contributed by atoms with Gasteiger partial charge in [-0.2, -0.15) is 0 Å². The van der Waals surface area contributed by atoms with Gasteiger partial charge in [0.15, 0.2) is 0 Å². The van der Waals surface area contributed by atoms with Gasteiger partial charge in [0, 0.05) is 6.42 Å². The molecule has 0 radical (unpaired) electrons. The van der Waals surface area contributed by atoms with E-state index >= 15 is 0 Å². The second-order valence-electron chi connectivity index (χ2n) is 5.85. The second-order valence-corrected chi connectivity index (χ2v) is 5.85. The average Bonchev–Trinajstić information content (AvgIpc) is 2.45. The maximum Gasteiger partial charge on any atom is 0.142 e. The average molecular weight is 276 g/mol. The Bertz CT molecular complexity index is 418.